The molecule has 1 aromatic carbocycles. The maximum atomic E-state index is 12.0. The van der Waals surface area contributed by atoms with E-state index in [0.29, 0.717) is 19.8 Å². The summed E-state index contributed by atoms with van der Waals surface area (Å²) >= 11 is 0. The molecule has 0 spiro atoms. The number of hydrogen-bond acceptors (Lipinski definition) is 5. The van der Waals surface area contributed by atoms with E-state index in [-0.39, 0.29) is 12.0 Å². The average Bonchev–Trinajstić information content (AvgIpc) is 3.20. The molecule has 0 aromatic heterocycles. The van der Waals surface area contributed by atoms with Crippen LogP contribution in [0.3, 0.4) is 0 Å². The molecule has 1 aromatic rings. The minimum absolute atomic E-state index is 0.0996. The standard InChI is InChI=1S/C17H20N4O4/c1-16(23-8-9-24-16)17(6-7-17)12-2-4-13(5-3-12)21-11-14(10-19-20-18)25-15(21)22/h2-5,14H,6-11H2,1H3. The molecule has 2 heterocycles. The summed E-state index contributed by atoms with van der Waals surface area (Å²) in [4.78, 5) is 16.3. The summed E-state index contributed by atoms with van der Waals surface area (Å²) in [5.41, 5.74) is 10.2. The van der Waals surface area contributed by atoms with Crippen molar-refractivity contribution in [3.63, 3.8) is 0 Å². The zero-order chi connectivity index (χ0) is 17.5. The number of cyclic esters (lactones) is 1. The van der Waals surface area contributed by atoms with E-state index in [0.717, 1.165) is 18.5 Å². The van der Waals surface area contributed by atoms with Crippen molar-refractivity contribution in [2.24, 2.45) is 5.11 Å². The van der Waals surface area contributed by atoms with Crippen molar-refractivity contribution in [1.82, 2.24) is 0 Å². The summed E-state index contributed by atoms with van der Waals surface area (Å²) in [5.74, 6) is -0.568. The van der Waals surface area contributed by atoms with Crippen LogP contribution in [0.25, 0.3) is 10.4 Å². The quantitative estimate of drug-likeness (QED) is 0.465. The number of rotatable bonds is 5. The topological polar surface area (TPSA) is 96.8 Å². The number of nitrogens with zero attached hydrogens (tertiary/aromatic N) is 4. The maximum absolute atomic E-state index is 12.0. The van der Waals surface area contributed by atoms with Gasteiger partial charge in [-0.1, -0.05) is 17.2 Å². The summed E-state index contributed by atoms with van der Waals surface area (Å²) in [6.45, 7) is 3.79. The van der Waals surface area contributed by atoms with Gasteiger partial charge in [0.1, 0.15) is 6.10 Å². The van der Waals surface area contributed by atoms with Crippen LogP contribution in [-0.2, 0) is 19.6 Å². The number of carbonyl (C=O) groups excluding carboxylic acids is 1. The van der Waals surface area contributed by atoms with Crippen molar-refractivity contribution in [1.29, 1.82) is 0 Å². The first-order valence-corrected chi connectivity index (χ1v) is 8.45. The predicted molar refractivity (Wildman–Crippen MR) is 89.3 cm³/mol. The van der Waals surface area contributed by atoms with Gasteiger partial charge in [0.25, 0.3) is 0 Å². The Kier molecular flexibility index (Phi) is 3.83. The fourth-order valence-electron chi connectivity index (χ4n) is 3.84. The van der Waals surface area contributed by atoms with Crippen molar-refractivity contribution < 1.29 is 19.0 Å². The van der Waals surface area contributed by atoms with E-state index in [1.807, 2.05) is 31.2 Å². The Hall–Kier alpha value is -2.28. The van der Waals surface area contributed by atoms with Gasteiger partial charge in [-0.15, -0.1) is 0 Å². The molecule has 8 nitrogen and oxygen atoms in total. The van der Waals surface area contributed by atoms with Crippen LogP contribution in [0.5, 0.6) is 0 Å². The summed E-state index contributed by atoms with van der Waals surface area (Å²) < 4.78 is 17.0. The van der Waals surface area contributed by atoms with Gasteiger partial charge >= 0.3 is 6.09 Å². The van der Waals surface area contributed by atoms with E-state index in [4.69, 9.17) is 19.7 Å². The fourth-order valence-corrected chi connectivity index (χ4v) is 3.84. The highest BCUT2D eigenvalue weighted by atomic mass is 16.7. The van der Waals surface area contributed by atoms with Crippen molar-refractivity contribution in [3.05, 3.63) is 40.3 Å². The molecule has 0 bridgehead atoms. The normalized spacial score (nSPS) is 26.2. The third-order valence-electron chi connectivity index (χ3n) is 5.41. The smallest absolute Gasteiger partial charge is 0.414 e. The van der Waals surface area contributed by atoms with Crippen molar-refractivity contribution in [2.45, 2.75) is 37.1 Å². The van der Waals surface area contributed by atoms with Gasteiger partial charge in [-0.2, -0.15) is 0 Å². The third kappa shape index (κ3) is 2.63. The minimum Gasteiger partial charge on any atom is -0.444 e. The Labute approximate surface area is 145 Å². The number of ether oxygens (including phenoxy) is 3. The third-order valence-corrected chi connectivity index (χ3v) is 5.41. The minimum atomic E-state index is -0.568. The van der Waals surface area contributed by atoms with Crippen molar-refractivity contribution >= 4 is 11.8 Å². The Morgan fingerprint density at radius 2 is 1.96 bits per heavy atom. The SMILES string of the molecule is CC1(C2(c3ccc(N4CC(CN=[N+]=[N-])OC4=O)cc3)CC2)OCCO1. The van der Waals surface area contributed by atoms with Crippen LogP contribution in [-0.4, -0.2) is 44.3 Å². The van der Waals surface area contributed by atoms with Gasteiger partial charge in [0.05, 0.1) is 26.3 Å². The highest BCUT2D eigenvalue weighted by molar-refractivity contribution is 5.89. The predicted octanol–water partition coefficient (Wildman–Crippen LogP) is 3.12. The molecular weight excluding hydrogens is 324 g/mol. The molecule has 3 aliphatic rings. The highest BCUT2D eigenvalue weighted by Crippen LogP contribution is 2.58. The fraction of sp³-hybridized carbons (Fsp3) is 0.588. The van der Waals surface area contributed by atoms with Crippen LogP contribution in [0.4, 0.5) is 10.5 Å². The molecule has 0 N–H and O–H groups in total. The van der Waals surface area contributed by atoms with E-state index in [2.05, 4.69) is 10.0 Å². The molecule has 8 heteroatoms. The molecule has 1 saturated carbocycles. The molecule has 2 aliphatic heterocycles. The molecule has 0 radical (unpaired) electrons. The van der Waals surface area contributed by atoms with Gasteiger partial charge in [-0.3, -0.25) is 4.90 Å². The van der Waals surface area contributed by atoms with Crippen LogP contribution in [0.2, 0.25) is 0 Å². The first-order chi connectivity index (χ1) is 12.1. The summed E-state index contributed by atoms with van der Waals surface area (Å²) in [5, 5.41) is 3.47. The molecule has 2 saturated heterocycles. The molecule has 1 amide bonds. The van der Waals surface area contributed by atoms with Crippen LogP contribution >= 0.6 is 0 Å². The molecule has 1 aliphatic carbocycles. The number of hydrogen-bond donors (Lipinski definition) is 0. The van der Waals surface area contributed by atoms with E-state index in [1.54, 1.807) is 4.90 Å². The van der Waals surface area contributed by atoms with Gasteiger partial charge in [0.2, 0.25) is 0 Å². The van der Waals surface area contributed by atoms with Crippen LogP contribution in [0.15, 0.2) is 29.4 Å². The average molecular weight is 344 g/mol. The molecule has 132 valence electrons. The number of carbonyl (C=O) groups is 1. The zero-order valence-corrected chi connectivity index (χ0v) is 14.1. The van der Waals surface area contributed by atoms with Gasteiger partial charge < -0.3 is 14.2 Å². The number of anilines is 1. The number of amides is 1. The Morgan fingerprint density at radius 3 is 2.56 bits per heavy atom. The summed E-state index contributed by atoms with van der Waals surface area (Å²) in [6, 6.07) is 7.91. The Morgan fingerprint density at radius 1 is 1.28 bits per heavy atom. The van der Waals surface area contributed by atoms with Gasteiger partial charge in [0.15, 0.2) is 5.79 Å². The molecule has 4 rings (SSSR count). The summed E-state index contributed by atoms with van der Waals surface area (Å²) in [7, 11) is 0. The zero-order valence-electron chi connectivity index (χ0n) is 14.1. The molecule has 1 atom stereocenters. The maximum Gasteiger partial charge on any atom is 0.414 e. The van der Waals surface area contributed by atoms with Crippen molar-refractivity contribution in [3.8, 4) is 0 Å². The van der Waals surface area contributed by atoms with Crippen LogP contribution in [0.1, 0.15) is 25.3 Å². The summed E-state index contributed by atoms with van der Waals surface area (Å²) in [6.07, 6.45) is 1.24. The first kappa shape index (κ1) is 16.2. The van der Waals surface area contributed by atoms with E-state index < -0.39 is 18.0 Å². The second kappa shape index (κ2) is 5.91. The molecule has 1 unspecified atom stereocenters. The lowest BCUT2D eigenvalue weighted by atomic mass is 9.87. The lowest BCUT2D eigenvalue weighted by molar-refractivity contribution is -0.169. The van der Waals surface area contributed by atoms with Gasteiger partial charge in [0, 0.05) is 16.0 Å². The second-order valence-electron chi connectivity index (χ2n) is 6.80. The monoisotopic (exact) mass is 344 g/mol. The van der Waals surface area contributed by atoms with E-state index in [1.165, 1.54) is 5.56 Å². The Balaban J connectivity index is 1.51. The largest absolute Gasteiger partial charge is 0.444 e. The lowest BCUT2D eigenvalue weighted by Gasteiger charge is -2.33. The molecular formula is C17H20N4O4. The molecule has 25 heavy (non-hydrogen) atoms. The molecule has 3 fully saturated rings. The lowest BCUT2D eigenvalue weighted by Crippen LogP contribution is -2.40. The number of benzene rings is 1. The van der Waals surface area contributed by atoms with Crippen molar-refractivity contribution in [2.75, 3.05) is 31.2 Å². The second-order valence-corrected chi connectivity index (χ2v) is 6.80. The van der Waals surface area contributed by atoms with Gasteiger partial charge in [-0.05, 0) is 43.0 Å². The van der Waals surface area contributed by atoms with E-state index in [9.17, 15) is 4.79 Å². The van der Waals surface area contributed by atoms with Crippen LogP contribution < -0.4 is 4.90 Å². The highest BCUT2D eigenvalue weighted by Gasteiger charge is 2.61. The van der Waals surface area contributed by atoms with Crippen LogP contribution in [0, 0.1) is 0 Å². The Bertz CT molecular complexity index is 719. The first-order valence-electron chi connectivity index (χ1n) is 8.45. The number of azide groups is 1. The van der Waals surface area contributed by atoms with Gasteiger partial charge in [-0.25, -0.2) is 4.79 Å². The van der Waals surface area contributed by atoms with E-state index >= 15 is 0 Å².